The van der Waals surface area contributed by atoms with E-state index in [1.165, 1.54) is 11.3 Å². The fourth-order valence-electron chi connectivity index (χ4n) is 1.43. The summed E-state index contributed by atoms with van der Waals surface area (Å²) < 4.78 is 5.43. The van der Waals surface area contributed by atoms with E-state index in [-0.39, 0.29) is 12.0 Å². The van der Waals surface area contributed by atoms with Gasteiger partial charge in [0.1, 0.15) is 5.69 Å². The zero-order valence-corrected chi connectivity index (χ0v) is 11.8. The molecule has 1 N–H and O–H groups in total. The van der Waals surface area contributed by atoms with Gasteiger partial charge in [0, 0.05) is 11.4 Å². The second kappa shape index (κ2) is 5.79. The molecule has 0 atom stereocenters. The Balaban J connectivity index is 2.01. The van der Waals surface area contributed by atoms with Crippen molar-refractivity contribution in [2.45, 2.75) is 26.9 Å². The van der Waals surface area contributed by atoms with Gasteiger partial charge in [0.05, 0.1) is 23.0 Å². The first-order valence-corrected chi connectivity index (χ1v) is 6.79. The van der Waals surface area contributed by atoms with Gasteiger partial charge in [-0.05, 0) is 26.8 Å². The van der Waals surface area contributed by atoms with Crippen molar-refractivity contribution in [1.82, 2.24) is 9.97 Å². The van der Waals surface area contributed by atoms with Gasteiger partial charge in [-0.1, -0.05) is 0 Å². The summed E-state index contributed by atoms with van der Waals surface area (Å²) in [6.45, 7) is 5.73. The number of anilines is 1. The molecule has 0 unspecified atom stereocenters. The minimum Gasteiger partial charge on any atom is -0.475 e. The van der Waals surface area contributed by atoms with Crippen LogP contribution in [0.5, 0.6) is 5.88 Å². The Morgan fingerprint density at radius 1 is 1.42 bits per heavy atom. The number of rotatable bonds is 4. The summed E-state index contributed by atoms with van der Waals surface area (Å²) in [5.74, 6) is 0.307. The molecule has 19 heavy (non-hydrogen) atoms. The third-order valence-corrected chi connectivity index (χ3v) is 2.98. The molecule has 0 bridgehead atoms. The molecule has 0 aliphatic carbocycles. The van der Waals surface area contributed by atoms with Gasteiger partial charge < -0.3 is 10.1 Å². The smallest absolute Gasteiger partial charge is 0.275 e. The molecule has 0 fully saturated rings. The maximum Gasteiger partial charge on any atom is 0.275 e. The molecule has 2 rings (SSSR count). The van der Waals surface area contributed by atoms with Crippen LogP contribution in [0, 0.1) is 6.92 Å². The number of pyridine rings is 1. The van der Waals surface area contributed by atoms with Crippen molar-refractivity contribution in [3.8, 4) is 5.88 Å². The summed E-state index contributed by atoms with van der Waals surface area (Å²) >= 11 is 1.44. The molecule has 0 aromatic carbocycles. The lowest BCUT2D eigenvalue weighted by atomic mass is 10.3. The van der Waals surface area contributed by atoms with Crippen LogP contribution in [0.2, 0.25) is 0 Å². The number of hydrogen-bond donors (Lipinski definition) is 1. The Hall–Kier alpha value is -1.95. The Morgan fingerprint density at radius 2 is 2.21 bits per heavy atom. The van der Waals surface area contributed by atoms with Gasteiger partial charge in [0.2, 0.25) is 5.88 Å². The highest BCUT2D eigenvalue weighted by Crippen LogP contribution is 2.15. The zero-order valence-electron chi connectivity index (χ0n) is 11.0. The number of ether oxygens (including phenoxy) is 1. The van der Waals surface area contributed by atoms with E-state index in [4.69, 9.17) is 4.74 Å². The first kappa shape index (κ1) is 13.5. The van der Waals surface area contributed by atoms with E-state index in [0.29, 0.717) is 17.3 Å². The Labute approximate surface area is 115 Å². The molecular formula is C13H15N3O2S. The van der Waals surface area contributed by atoms with Crippen molar-refractivity contribution < 1.29 is 9.53 Å². The van der Waals surface area contributed by atoms with Gasteiger partial charge in [-0.25, -0.2) is 9.97 Å². The van der Waals surface area contributed by atoms with E-state index < -0.39 is 0 Å². The van der Waals surface area contributed by atoms with E-state index in [0.717, 1.165) is 5.01 Å². The number of aryl methyl sites for hydroxylation is 1. The molecule has 5 nitrogen and oxygen atoms in total. The Morgan fingerprint density at radius 3 is 2.74 bits per heavy atom. The number of carbonyl (C=O) groups is 1. The summed E-state index contributed by atoms with van der Waals surface area (Å²) in [6.07, 6.45) is 1.64. The standard InChI is InChI=1S/C13H15N3O2S/c1-8(2)18-12-5-4-10(6-14-12)16-13(17)11-7-19-9(3)15-11/h4-8H,1-3H3,(H,16,17). The molecule has 0 saturated carbocycles. The van der Waals surface area contributed by atoms with Crippen LogP contribution in [-0.4, -0.2) is 22.0 Å². The Bertz CT molecular complexity index is 564. The number of aromatic nitrogens is 2. The summed E-state index contributed by atoms with van der Waals surface area (Å²) in [4.78, 5) is 20.1. The molecule has 0 radical (unpaired) electrons. The van der Waals surface area contributed by atoms with E-state index in [1.54, 1.807) is 23.7 Å². The summed E-state index contributed by atoms with van der Waals surface area (Å²) in [6, 6.07) is 3.48. The summed E-state index contributed by atoms with van der Waals surface area (Å²) in [5, 5.41) is 5.33. The number of carbonyl (C=O) groups excluding carboxylic acids is 1. The third kappa shape index (κ3) is 3.75. The minimum absolute atomic E-state index is 0.0749. The normalized spacial score (nSPS) is 10.5. The predicted molar refractivity (Wildman–Crippen MR) is 74.8 cm³/mol. The Kier molecular flexibility index (Phi) is 4.11. The summed E-state index contributed by atoms with van der Waals surface area (Å²) in [5.41, 5.74) is 1.04. The number of thiazole rings is 1. The van der Waals surface area contributed by atoms with Crippen LogP contribution in [0.4, 0.5) is 5.69 Å². The fraction of sp³-hybridized carbons (Fsp3) is 0.308. The van der Waals surface area contributed by atoms with Crippen LogP contribution in [0.1, 0.15) is 29.3 Å². The van der Waals surface area contributed by atoms with Crippen LogP contribution in [-0.2, 0) is 0 Å². The largest absolute Gasteiger partial charge is 0.475 e. The number of nitrogens with zero attached hydrogens (tertiary/aromatic N) is 2. The molecule has 6 heteroatoms. The molecule has 2 aromatic rings. The fourth-order valence-corrected chi connectivity index (χ4v) is 2.02. The average Bonchev–Trinajstić information content (AvgIpc) is 2.78. The number of hydrogen-bond acceptors (Lipinski definition) is 5. The molecule has 1 amide bonds. The highest BCUT2D eigenvalue weighted by atomic mass is 32.1. The lowest BCUT2D eigenvalue weighted by Gasteiger charge is -2.09. The number of nitrogens with one attached hydrogen (secondary N) is 1. The molecule has 2 heterocycles. The molecule has 2 aromatic heterocycles. The quantitative estimate of drug-likeness (QED) is 0.933. The monoisotopic (exact) mass is 277 g/mol. The molecular weight excluding hydrogens is 262 g/mol. The highest BCUT2D eigenvalue weighted by Gasteiger charge is 2.09. The van der Waals surface area contributed by atoms with Crippen molar-refractivity contribution in [2.24, 2.45) is 0 Å². The summed E-state index contributed by atoms with van der Waals surface area (Å²) in [7, 11) is 0. The van der Waals surface area contributed by atoms with E-state index in [9.17, 15) is 4.79 Å². The lowest BCUT2D eigenvalue weighted by Crippen LogP contribution is -2.13. The van der Waals surface area contributed by atoms with Gasteiger partial charge in [-0.3, -0.25) is 4.79 Å². The molecule has 0 aliphatic heterocycles. The topological polar surface area (TPSA) is 64.1 Å². The van der Waals surface area contributed by atoms with Crippen LogP contribution < -0.4 is 10.1 Å². The van der Waals surface area contributed by atoms with Crippen molar-refractivity contribution >= 4 is 22.9 Å². The number of amides is 1. The van der Waals surface area contributed by atoms with Crippen LogP contribution in [0.15, 0.2) is 23.7 Å². The van der Waals surface area contributed by atoms with Crippen LogP contribution in [0.3, 0.4) is 0 Å². The van der Waals surface area contributed by atoms with Crippen LogP contribution >= 0.6 is 11.3 Å². The molecule has 0 spiro atoms. The van der Waals surface area contributed by atoms with Gasteiger partial charge in [-0.15, -0.1) is 11.3 Å². The second-order valence-electron chi connectivity index (χ2n) is 4.26. The van der Waals surface area contributed by atoms with Gasteiger partial charge >= 0.3 is 0 Å². The van der Waals surface area contributed by atoms with Gasteiger partial charge in [0.15, 0.2) is 0 Å². The molecule has 100 valence electrons. The maximum absolute atomic E-state index is 11.9. The average molecular weight is 277 g/mol. The van der Waals surface area contributed by atoms with Crippen LogP contribution in [0.25, 0.3) is 0 Å². The third-order valence-electron chi connectivity index (χ3n) is 2.20. The SMILES string of the molecule is Cc1nc(C(=O)Nc2ccc(OC(C)C)nc2)cs1. The van der Waals surface area contributed by atoms with Crippen molar-refractivity contribution in [1.29, 1.82) is 0 Å². The minimum atomic E-state index is -0.233. The van der Waals surface area contributed by atoms with E-state index in [2.05, 4.69) is 15.3 Å². The molecule has 0 aliphatic rings. The van der Waals surface area contributed by atoms with Crippen molar-refractivity contribution in [3.63, 3.8) is 0 Å². The first-order chi connectivity index (χ1) is 9.04. The van der Waals surface area contributed by atoms with Gasteiger partial charge in [-0.2, -0.15) is 0 Å². The van der Waals surface area contributed by atoms with Crippen molar-refractivity contribution in [3.05, 3.63) is 34.4 Å². The first-order valence-electron chi connectivity index (χ1n) is 5.91. The van der Waals surface area contributed by atoms with Crippen molar-refractivity contribution in [2.75, 3.05) is 5.32 Å². The van der Waals surface area contributed by atoms with E-state index >= 15 is 0 Å². The van der Waals surface area contributed by atoms with E-state index in [1.807, 2.05) is 20.8 Å². The zero-order chi connectivity index (χ0) is 13.8. The second-order valence-corrected chi connectivity index (χ2v) is 5.32. The maximum atomic E-state index is 11.9. The highest BCUT2D eigenvalue weighted by molar-refractivity contribution is 7.09. The molecule has 0 saturated heterocycles. The predicted octanol–water partition coefficient (Wildman–Crippen LogP) is 2.89. The van der Waals surface area contributed by atoms with Gasteiger partial charge in [0.25, 0.3) is 5.91 Å². The lowest BCUT2D eigenvalue weighted by molar-refractivity contribution is 0.102.